The van der Waals surface area contributed by atoms with Gasteiger partial charge in [-0.25, -0.2) is 12.4 Å². The van der Waals surface area contributed by atoms with Crippen molar-refractivity contribution in [2.75, 3.05) is 13.6 Å². The summed E-state index contributed by atoms with van der Waals surface area (Å²) in [7, 11) is -1.72. The van der Waals surface area contributed by atoms with E-state index < -0.39 is 10.0 Å². The zero-order chi connectivity index (χ0) is 19.9. The number of likely N-dealkylation sites (tertiary alicyclic amines) is 1. The van der Waals surface area contributed by atoms with Crippen molar-refractivity contribution in [2.24, 2.45) is 5.92 Å². The van der Waals surface area contributed by atoms with Gasteiger partial charge in [-0.2, -0.15) is 0 Å². The van der Waals surface area contributed by atoms with Gasteiger partial charge in [-0.05, 0) is 30.7 Å². The van der Waals surface area contributed by atoms with Gasteiger partial charge in [0.1, 0.15) is 11.8 Å². The second kappa shape index (κ2) is 7.18. The first-order valence-corrected chi connectivity index (χ1v) is 11.1. The first-order chi connectivity index (χ1) is 13.4. The number of rotatable bonds is 4. The molecule has 3 atom stereocenters. The third kappa shape index (κ3) is 3.06. The summed E-state index contributed by atoms with van der Waals surface area (Å²) in [4.78, 5) is 14.1. The van der Waals surface area contributed by atoms with Crippen molar-refractivity contribution < 1.29 is 18.1 Å². The van der Waals surface area contributed by atoms with E-state index in [9.17, 15) is 13.2 Å². The molecule has 5 nitrogen and oxygen atoms in total. The highest BCUT2D eigenvalue weighted by Crippen LogP contribution is 2.31. The molecular weight excluding hydrogens is 372 g/mol. The summed E-state index contributed by atoms with van der Waals surface area (Å²) in [6.45, 7) is 2.76. The lowest BCUT2D eigenvalue weighted by atomic mass is 9.89. The largest absolute Gasteiger partial charge is 0.329 e. The van der Waals surface area contributed by atoms with Crippen LogP contribution in [0.5, 0.6) is 0 Å². The normalized spacial score (nSPS) is 23.2. The summed E-state index contributed by atoms with van der Waals surface area (Å²) in [5, 5.41) is 0.870. The molecule has 2 heterocycles. The molecule has 1 aromatic heterocycles. The average molecular weight is 398 g/mol. The number of Topliss-reactive ketones (excluding diaryl/α,β-unsaturated/α-hetero) is 1. The Kier molecular flexibility index (Phi) is 4.85. The van der Waals surface area contributed by atoms with Crippen LogP contribution in [0.25, 0.3) is 10.9 Å². The third-order valence-electron chi connectivity index (χ3n) is 5.85. The van der Waals surface area contributed by atoms with Crippen molar-refractivity contribution in [2.45, 2.75) is 30.7 Å². The van der Waals surface area contributed by atoms with Gasteiger partial charge in [0.15, 0.2) is 0 Å². The smallest absolute Gasteiger partial charge is 0.268 e. The molecule has 1 saturated heterocycles. The maximum atomic E-state index is 13.5. The van der Waals surface area contributed by atoms with E-state index in [4.69, 9.17) is 0 Å². The lowest BCUT2D eigenvalue weighted by molar-refractivity contribution is -0.917. The summed E-state index contributed by atoms with van der Waals surface area (Å²) in [6, 6.07) is 17.7. The molecule has 1 aliphatic rings. The molecule has 2 aromatic carbocycles. The maximum absolute atomic E-state index is 13.5. The molecule has 0 amide bonds. The fraction of sp³-hybridized carbons (Fsp3) is 0.318. The predicted molar refractivity (Wildman–Crippen MR) is 109 cm³/mol. The minimum Gasteiger partial charge on any atom is -0.329 e. The number of aromatic nitrogens is 1. The van der Waals surface area contributed by atoms with E-state index in [1.54, 1.807) is 30.3 Å². The number of nitrogens with one attached hydrogen (secondary N) is 1. The van der Waals surface area contributed by atoms with Gasteiger partial charge in [-0.1, -0.05) is 43.3 Å². The molecule has 6 heteroatoms. The molecule has 0 saturated carbocycles. The Morgan fingerprint density at radius 1 is 1.07 bits per heavy atom. The number of hydrogen-bond acceptors (Lipinski definition) is 3. The van der Waals surface area contributed by atoms with Crippen LogP contribution in [0, 0.1) is 5.92 Å². The Morgan fingerprint density at radius 2 is 1.75 bits per heavy atom. The number of carbonyl (C=O) groups excluding carboxylic acids is 1. The van der Waals surface area contributed by atoms with E-state index in [1.165, 1.54) is 8.87 Å². The van der Waals surface area contributed by atoms with Crippen LogP contribution in [0.4, 0.5) is 0 Å². The molecular formula is C22H25N2O3S+. The van der Waals surface area contributed by atoms with Crippen LogP contribution in [0.2, 0.25) is 0 Å². The first kappa shape index (κ1) is 18.9. The topological polar surface area (TPSA) is 60.6 Å². The summed E-state index contributed by atoms with van der Waals surface area (Å²) >= 11 is 0. The van der Waals surface area contributed by atoms with Crippen LogP contribution < -0.4 is 4.90 Å². The van der Waals surface area contributed by atoms with Gasteiger partial charge in [0.05, 0.1) is 42.0 Å². The summed E-state index contributed by atoms with van der Waals surface area (Å²) < 4.78 is 28.5. The SMILES string of the molecule is CC[C@H]1C[NH+](C)[C@H](c2cc3ccccc3n2S(=O)(=O)c2ccccc2)CC1=O. The minimum absolute atomic E-state index is 0.0554. The van der Waals surface area contributed by atoms with Crippen LogP contribution in [0.1, 0.15) is 31.5 Å². The molecule has 0 spiro atoms. The Hall–Kier alpha value is -2.44. The lowest BCUT2D eigenvalue weighted by Crippen LogP contribution is -3.11. The molecule has 0 radical (unpaired) electrons. The van der Waals surface area contributed by atoms with E-state index in [0.29, 0.717) is 17.6 Å². The minimum atomic E-state index is -3.77. The van der Waals surface area contributed by atoms with Gasteiger partial charge in [-0.3, -0.25) is 4.79 Å². The number of hydrogen-bond donors (Lipinski definition) is 1. The molecule has 28 heavy (non-hydrogen) atoms. The number of para-hydroxylation sites is 1. The van der Waals surface area contributed by atoms with E-state index in [2.05, 4.69) is 7.05 Å². The Morgan fingerprint density at radius 3 is 2.46 bits per heavy atom. The van der Waals surface area contributed by atoms with Crippen molar-refractivity contribution in [3.63, 3.8) is 0 Å². The zero-order valence-electron chi connectivity index (χ0n) is 16.1. The molecule has 0 aliphatic carbocycles. The zero-order valence-corrected chi connectivity index (χ0v) is 16.9. The standard InChI is InChI=1S/C22H24N2O3S/c1-3-16-15-23(2)20(14-22(16)25)21-13-17-9-7-8-12-19(17)24(21)28(26,27)18-10-5-4-6-11-18/h4-13,16,20H,3,14-15H2,1-2H3/p+1/t16-,20-/m0/s1. The highest BCUT2D eigenvalue weighted by Gasteiger charge is 2.39. The third-order valence-corrected chi connectivity index (χ3v) is 7.60. The maximum Gasteiger partial charge on any atom is 0.268 e. The monoisotopic (exact) mass is 397 g/mol. The number of fused-ring (bicyclic) bond motifs is 1. The quantitative estimate of drug-likeness (QED) is 0.736. The molecule has 1 unspecified atom stereocenters. The second-order valence-corrected chi connectivity index (χ2v) is 9.38. The van der Waals surface area contributed by atoms with Gasteiger partial charge >= 0.3 is 0 Å². The van der Waals surface area contributed by atoms with Gasteiger partial charge in [0, 0.05) is 5.39 Å². The van der Waals surface area contributed by atoms with Crippen molar-refractivity contribution in [1.29, 1.82) is 0 Å². The van der Waals surface area contributed by atoms with E-state index in [-0.39, 0.29) is 22.6 Å². The average Bonchev–Trinajstić information content (AvgIpc) is 3.10. The summed E-state index contributed by atoms with van der Waals surface area (Å²) in [5.74, 6) is 0.284. The van der Waals surface area contributed by atoms with Crippen molar-refractivity contribution in [3.05, 3.63) is 66.4 Å². The Labute approximate surface area is 165 Å². The highest BCUT2D eigenvalue weighted by molar-refractivity contribution is 7.90. The number of benzene rings is 2. The second-order valence-electron chi connectivity index (χ2n) is 7.59. The number of piperidine rings is 1. The van der Waals surface area contributed by atoms with Crippen LogP contribution in [-0.4, -0.2) is 31.8 Å². The number of quaternary nitrogens is 1. The van der Waals surface area contributed by atoms with Crippen LogP contribution >= 0.6 is 0 Å². The predicted octanol–water partition coefficient (Wildman–Crippen LogP) is 2.43. The molecule has 1 N–H and O–H groups in total. The van der Waals surface area contributed by atoms with Crippen LogP contribution in [-0.2, 0) is 14.8 Å². The van der Waals surface area contributed by atoms with E-state index >= 15 is 0 Å². The number of nitrogens with zero attached hydrogens (tertiary/aromatic N) is 1. The lowest BCUT2D eigenvalue weighted by Gasteiger charge is -2.33. The Bertz CT molecular complexity index is 1120. The molecule has 3 aromatic rings. The fourth-order valence-corrected chi connectivity index (χ4v) is 5.87. The molecule has 1 aliphatic heterocycles. The van der Waals surface area contributed by atoms with Gasteiger partial charge < -0.3 is 4.90 Å². The van der Waals surface area contributed by atoms with Crippen LogP contribution in [0.15, 0.2) is 65.6 Å². The van der Waals surface area contributed by atoms with E-state index in [1.807, 2.05) is 37.3 Å². The summed E-state index contributed by atoms with van der Waals surface area (Å²) in [5.41, 5.74) is 1.34. The van der Waals surface area contributed by atoms with Gasteiger partial charge in [-0.15, -0.1) is 0 Å². The fourth-order valence-electron chi connectivity index (χ4n) is 4.28. The summed E-state index contributed by atoms with van der Waals surface area (Å²) in [6.07, 6.45) is 1.19. The van der Waals surface area contributed by atoms with Gasteiger partial charge in [0.2, 0.25) is 0 Å². The first-order valence-electron chi connectivity index (χ1n) is 9.69. The number of ketones is 1. The Balaban J connectivity index is 1.91. The van der Waals surface area contributed by atoms with Crippen LogP contribution in [0.3, 0.4) is 0 Å². The molecule has 0 bridgehead atoms. The highest BCUT2D eigenvalue weighted by atomic mass is 32.2. The van der Waals surface area contributed by atoms with Crippen molar-refractivity contribution in [3.8, 4) is 0 Å². The van der Waals surface area contributed by atoms with Crippen molar-refractivity contribution >= 4 is 26.7 Å². The molecule has 146 valence electrons. The molecule has 1 fully saturated rings. The van der Waals surface area contributed by atoms with E-state index in [0.717, 1.165) is 18.4 Å². The molecule has 4 rings (SSSR count). The number of carbonyl (C=O) groups is 1. The van der Waals surface area contributed by atoms with Gasteiger partial charge in [0.25, 0.3) is 10.0 Å². The van der Waals surface area contributed by atoms with Crippen molar-refractivity contribution in [1.82, 2.24) is 3.97 Å².